The molecule has 0 amide bonds. The zero-order valence-electron chi connectivity index (χ0n) is 67.3. The number of rotatable bonds is 79. The second kappa shape index (κ2) is 81.2. The summed E-state index contributed by atoms with van der Waals surface area (Å²) in [4.78, 5) is 38.2. The standard InChI is InChI=1S/C92H162NO8P/c1-6-8-10-12-14-16-18-20-22-24-26-28-30-32-34-36-38-40-42-44-45-46-47-49-51-53-55-57-59-61-63-65-67-69-71-73-75-77-79-81-83-85-92(95)101-90(89-100-102(96,97)99-87-86-93(3,4)5)88-98-91(94)84-82-80-78-76-74-72-70-68-66-64-62-60-58-56-54-52-50-48-43-41-39-37-35-33-31-29-27-25-23-21-19-17-15-13-11-9-7-2/h8,10,14,16,19-22,25-28,32,34,38,40,44-45,47,49,53,55,90H,6-7,9,11-13,15,17-18,23-24,29-31,33,35-37,39,41-43,46,48,50-52,54,56-89H2,1-5H3/b10-8-,16-14-,21-19-,22-20-,27-25-,28-26-,34-32-,40-38-,45-44-,49-47-,55-53-. The molecule has 0 spiro atoms. The highest BCUT2D eigenvalue weighted by Crippen LogP contribution is 2.38. The fourth-order valence-corrected chi connectivity index (χ4v) is 12.9. The number of phosphoric ester groups is 1. The number of phosphoric acid groups is 1. The van der Waals surface area contributed by atoms with Crippen molar-refractivity contribution in [1.29, 1.82) is 0 Å². The topological polar surface area (TPSA) is 111 Å². The van der Waals surface area contributed by atoms with Gasteiger partial charge in [0.2, 0.25) is 0 Å². The number of esters is 2. The Kier molecular flexibility index (Phi) is 78.2. The quantitative estimate of drug-likeness (QED) is 0.0195. The second-order valence-corrected chi connectivity index (χ2v) is 31.2. The van der Waals surface area contributed by atoms with Crippen molar-refractivity contribution in [2.45, 2.75) is 392 Å². The van der Waals surface area contributed by atoms with Crippen molar-refractivity contribution >= 4 is 19.8 Å². The maximum Gasteiger partial charge on any atom is 0.306 e. The molecule has 10 heteroatoms. The molecule has 0 saturated heterocycles. The summed E-state index contributed by atoms with van der Waals surface area (Å²) < 4.78 is 34.5. The van der Waals surface area contributed by atoms with Gasteiger partial charge in [0.25, 0.3) is 7.82 Å². The van der Waals surface area contributed by atoms with Crippen LogP contribution in [0.15, 0.2) is 134 Å². The zero-order chi connectivity index (χ0) is 74.0. The minimum Gasteiger partial charge on any atom is -0.756 e. The number of nitrogens with zero attached hydrogens (tertiary/aromatic N) is 1. The van der Waals surface area contributed by atoms with Gasteiger partial charge in [-0.3, -0.25) is 14.2 Å². The summed E-state index contributed by atoms with van der Waals surface area (Å²) in [6, 6.07) is 0. The maximum atomic E-state index is 12.9. The summed E-state index contributed by atoms with van der Waals surface area (Å²) in [7, 11) is 1.17. The Morgan fingerprint density at radius 3 is 0.833 bits per heavy atom. The van der Waals surface area contributed by atoms with Crippen LogP contribution < -0.4 is 4.89 Å². The molecule has 2 unspecified atom stereocenters. The molecular formula is C92H162NO8P. The van der Waals surface area contributed by atoms with E-state index in [1.165, 1.54) is 250 Å². The molecule has 0 aromatic carbocycles. The van der Waals surface area contributed by atoms with E-state index in [1.807, 2.05) is 21.1 Å². The number of ether oxygens (including phenoxy) is 2. The van der Waals surface area contributed by atoms with Crippen molar-refractivity contribution in [3.8, 4) is 0 Å². The van der Waals surface area contributed by atoms with E-state index >= 15 is 0 Å². The number of likely N-dealkylation sites (N-methyl/N-ethyl adjacent to an activating group) is 1. The van der Waals surface area contributed by atoms with Crippen molar-refractivity contribution < 1.29 is 42.1 Å². The minimum atomic E-state index is -4.65. The van der Waals surface area contributed by atoms with Gasteiger partial charge in [0.15, 0.2) is 6.10 Å². The third-order valence-electron chi connectivity index (χ3n) is 18.7. The lowest BCUT2D eigenvalue weighted by atomic mass is 10.0. The number of quaternary nitrogens is 1. The van der Waals surface area contributed by atoms with Gasteiger partial charge in [0.1, 0.15) is 19.8 Å². The monoisotopic (exact) mass is 1440 g/mol. The Hall–Kier alpha value is -3.85. The van der Waals surface area contributed by atoms with Crippen LogP contribution in [-0.4, -0.2) is 70.0 Å². The predicted octanol–water partition coefficient (Wildman–Crippen LogP) is 28.4. The SMILES string of the molecule is CC/C=C\C/C=C\C/C=C\C/C=C\C/C=C\C/C=C\C/C=C\C/C=C\C/C=C\CCCCCCCCCCCCCCCC(=O)OC(COC(=O)CCCCCCCCCCCCCCCCCCCCCCCCCCC/C=C\C/C=C\CCCCCCC)COP(=O)([O-])OCC[N+](C)(C)C. The van der Waals surface area contributed by atoms with Crippen molar-refractivity contribution in [1.82, 2.24) is 0 Å². The number of carbonyl (C=O) groups is 2. The Morgan fingerprint density at radius 2 is 0.559 bits per heavy atom. The van der Waals surface area contributed by atoms with E-state index in [4.69, 9.17) is 18.5 Å². The molecule has 0 aromatic heterocycles. The van der Waals surface area contributed by atoms with Crippen LogP contribution in [0.4, 0.5) is 0 Å². The third kappa shape index (κ3) is 85.1. The number of hydrogen-bond acceptors (Lipinski definition) is 8. The van der Waals surface area contributed by atoms with Crippen LogP contribution in [0.3, 0.4) is 0 Å². The number of allylic oxidation sites excluding steroid dienone is 22. The molecular weight excluding hydrogens is 1280 g/mol. The minimum absolute atomic E-state index is 0.0336. The zero-order valence-corrected chi connectivity index (χ0v) is 68.2. The van der Waals surface area contributed by atoms with Crippen LogP contribution in [0.2, 0.25) is 0 Å². The van der Waals surface area contributed by atoms with Crippen LogP contribution in [0.1, 0.15) is 386 Å². The molecule has 9 nitrogen and oxygen atoms in total. The first-order chi connectivity index (χ1) is 50.0. The van der Waals surface area contributed by atoms with Crippen molar-refractivity contribution in [3.05, 3.63) is 134 Å². The van der Waals surface area contributed by atoms with Gasteiger partial charge >= 0.3 is 11.9 Å². The van der Waals surface area contributed by atoms with Crippen molar-refractivity contribution in [2.75, 3.05) is 47.5 Å². The molecule has 0 fully saturated rings. The summed E-state index contributed by atoms with van der Waals surface area (Å²) in [5.74, 6) is -0.823. The molecule has 102 heavy (non-hydrogen) atoms. The van der Waals surface area contributed by atoms with Crippen molar-refractivity contribution in [3.63, 3.8) is 0 Å². The Balaban J connectivity index is 3.95. The largest absolute Gasteiger partial charge is 0.756 e. The van der Waals surface area contributed by atoms with Gasteiger partial charge in [-0.2, -0.15) is 0 Å². The first-order valence-corrected chi connectivity index (χ1v) is 44.4. The summed E-state index contributed by atoms with van der Waals surface area (Å²) >= 11 is 0. The van der Waals surface area contributed by atoms with Gasteiger partial charge in [0, 0.05) is 12.8 Å². The number of carbonyl (C=O) groups excluding carboxylic acids is 2. The van der Waals surface area contributed by atoms with Crippen LogP contribution >= 0.6 is 7.82 Å². The predicted molar refractivity (Wildman–Crippen MR) is 443 cm³/mol. The number of hydrogen-bond donors (Lipinski definition) is 0. The molecule has 0 N–H and O–H groups in total. The molecule has 0 aliphatic heterocycles. The van der Waals surface area contributed by atoms with Gasteiger partial charge in [-0.25, -0.2) is 0 Å². The molecule has 2 atom stereocenters. The summed E-state index contributed by atoms with van der Waals surface area (Å²) in [6.07, 6.45) is 119. The van der Waals surface area contributed by atoms with E-state index in [2.05, 4.69) is 148 Å². The molecule has 0 aliphatic carbocycles. The molecule has 588 valence electrons. The summed E-state index contributed by atoms with van der Waals surface area (Å²) in [6.45, 7) is 4.16. The molecule has 0 aliphatic rings. The van der Waals surface area contributed by atoms with E-state index in [0.717, 1.165) is 103 Å². The molecule has 0 rings (SSSR count). The molecule has 0 radical (unpaired) electrons. The van der Waals surface area contributed by atoms with Crippen LogP contribution in [0, 0.1) is 0 Å². The average Bonchev–Trinajstić information content (AvgIpc) is 0.916. The van der Waals surface area contributed by atoms with Crippen molar-refractivity contribution in [2.24, 2.45) is 0 Å². The van der Waals surface area contributed by atoms with E-state index in [1.54, 1.807) is 0 Å². The Labute approximate surface area is 631 Å². The lowest BCUT2D eigenvalue weighted by Crippen LogP contribution is -2.37. The Morgan fingerprint density at radius 1 is 0.314 bits per heavy atom. The smallest absolute Gasteiger partial charge is 0.306 e. The molecule has 0 aromatic rings. The second-order valence-electron chi connectivity index (χ2n) is 29.8. The van der Waals surface area contributed by atoms with Gasteiger partial charge in [-0.05, 0) is 116 Å². The van der Waals surface area contributed by atoms with Crippen LogP contribution in [0.5, 0.6) is 0 Å². The highest BCUT2D eigenvalue weighted by atomic mass is 31.2. The lowest BCUT2D eigenvalue weighted by Gasteiger charge is -2.28. The summed E-state index contributed by atoms with van der Waals surface area (Å²) in [5, 5.41) is 0. The lowest BCUT2D eigenvalue weighted by molar-refractivity contribution is -0.870. The fraction of sp³-hybridized carbons (Fsp3) is 0.739. The van der Waals surface area contributed by atoms with Gasteiger partial charge in [-0.1, -0.05) is 392 Å². The van der Waals surface area contributed by atoms with Crippen LogP contribution in [-0.2, 0) is 32.7 Å². The first kappa shape index (κ1) is 98.2. The number of unbranched alkanes of at least 4 members (excludes halogenated alkanes) is 43. The van der Waals surface area contributed by atoms with Gasteiger partial charge in [0.05, 0.1) is 27.7 Å². The maximum absolute atomic E-state index is 12.9. The molecule has 0 heterocycles. The third-order valence-corrected chi connectivity index (χ3v) is 19.6. The first-order valence-electron chi connectivity index (χ1n) is 42.9. The highest BCUT2D eigenvalue weighted by Gasteiger charge is 2.22. The van der Waals surface area contributed by atoms with Gasteiger partial charge < -0.3 is 27.9 Å². The van der Waals surface area contributed by atoms with E-state index < -0.39 is 26.5 Å². The highest BCUT2D eigenvalue weighted by molar-refractivity contribution is 7.45. The fourth-order valence-electron chi connectivity index (χ4n) is 12.2. The normalized spacial score (nSPS) is 13.7. The van der Waals surface area contributed by atoms with E-state index in [9.17, 15) is 19.0 Å². The molecule has 0 saturated carbocycles. The van der Waals surface area contributed by atoms with E-state index in [-0.39, 0.29) is 32.0 Å². The summed E-state index contributed by atoms with van der Waals surface area (Å²) in [5.41, 5.74) is 0. The molecule has 0 bridgehead atoms. The van der Waals surface area contributed by atoms with E-state index in [0.29, 0.717) is 17.4 Å². The van der Waals surface area contributed by atoms with Crippen LogP contribution in [0.25, 0.3) is 0 Å². The Bertz CT molecular complexity index is 2190. The van der Waals surface area contributed by atoms with Gasteiger partial charge in [-0.15, -0.1) is 0 Å². The average molecular weight is 1440 g/mol.